The standard InChI is InChI=1S/C12H25NO/c1-3-11-6-4-5-7-12(11)13-9-8-10(2)14/h10-14H,3-9H2,1-2H3/t10-,11+,12+/m1/s1. The minimum absolute atomic E-state index is 0.161. The molecule has 3 atom stereocenters. The highest BCUT2D eigenvalue weighted by molar-refractivity contribution is 4.80. The molecular weight excluding hydrogens is 174 g/mol. The summed E-state index contributed by atoms with van der Waals surface area (Å²) in [7, 11) is 0. The highest BCUT2D eigenvalue weighted by atomic mass is 16.3. The fourth-order valence-electron chi connectivity index (χ4n) is 2.44. The summed E-state index contributed by atoms with van der Waals surface area (Å²) in [6.07, 6.45) is 7.53. The van der Waals surface area contributed by atoms with Crippen molar-refractivity contribution in [1.29, 1.82) is 0 Å². The van der Waals surface area contributed by atoms with E-state index in [2.05, 4.69) is 12.2 Å². The molecule has 0 bridgehead atoms. The van der Waals surface area contributed by atoms with Gasteiger partial charge in [0, 0.05) is 6.04 Å². The van der Waals surface area contributed by atoms with Crippen molar-refractivity contribution in [2.45, 2.75) is 64.5 Å². The predicted molar refractivity (Wildman–Crippen MR) is 60.3 cm³/mol. The Hall–Kier alpha value is -0.0800. The lowest BCUT2D eigenvalue weighted by molar-refractivity contribution is 0.175. The summed E-state index contributed by atoms with van der Waals surface area (Å²) in [4.78, 5) is 0. The Bertz CT molecular complexity index is 147. The minimum Gasteiger partial charge on any atom is -0.393 e. The van der Waals surface area contributed by atoms with Crippen LogP contribution in [0.5, 0.6) is 0 Å². The summed E-state index contributed by atoms with van der Waals surface area (Å²) in [5.74, 6) is 0.873. The Morgan fingerprint density at radius 3 is 2.71 bits per heavy atom. The maximum atomic E-state index is 9.16. The SMILES string of the molecule is CC[C@H]1CCCC[C@@H]1NCC[C@@H](C)O. The van der Waals surface area contributed by atoms with Crippen LogP contribution in [0.4, 0.5) is 0 Å². The van der Waals surface area contributed by atoms with Crippen molar-refractivity contribution < 1.29 is 5.11 Å². The molecule has 0 aromatic rings. The highest BCUT2D eigenvalue weighted by Gasteiger charge is 2.22. The van der Waals surface area contributed by atoms with E-state index in [1.165, 1.54) is 32.1 Å². The maximum Gasteiger partial charge on any atom is 0.0524 e. The van der Waals surface area contributed by atoms with Gasteiger partial charge in [-0.25, -0.2) is 0 Å². The molecule has 0 saturated heterocycles. The number of nitrogens with one attached hydrogen (secondary N) is 1. The monoisotopic (exact) mass is 199 g/mol. The second-order valence-electron chi connectivity index (χ2n) is 4.65. The van der Waals surface area contributed by atoms with E-state index in [1.807, 2.05) is 6.92 Å². The maximum absolute atomic E-state index is 9.16. The lowest BCUT2D eigenvalue weighted by atomic mass is 9.83. The Balaban J connectivity index is 2.19. The molecular formula is C12H25NO. The third kappa shape index (κ3) is 3.97. The second kappa shape index (κ2) is 6.41. The van der Waals surface area contributed by atoms with E-state index in [0.717, 1.165) is 18.9 Å². The molecule has 2 nitrogen and oxygen atoms in total. The van der Waals surface area contributed by atoms with E-state index in [1.54, 1.807) is 0 Å². The molecule has 0 amide bonds. The zero-order chi connectivity index (χ0) is 10.4. The van der Waals surface area contributed by atoms with Gasteiger partial charge in [-0.15, -0.1) is 0 Å². The van der Waals surface area contributed by atoms with E-state index < -0.39 is 0 Å². The lowest BCUT2D eigenvalue weighted by Gasteiger charge is -2.31. The first-order valence-electron chi connectivity index (χ1n) is 6.15. The third-order valence-corrected chi connectivity index (χ3v) is 3.40. The molecule has 84 valence electrons. The van der Waals surface area contributed by atoms with Crippen LogP contribution in [0.2, 0.25) is 0 Å². The molecule has 0 radical (unpaired) electrons. The molecule has 0 aromatic heterocycles. The van der Waals surface area contributed by atoms with Gasteiger partial charge in [0.25, 0.3) is 0 Å². The minimum atomic E-state index is -0.161. The summed E-state index contributed by atoms with van der Waals surface area (Å²) in [6, 6.07) is 0.715. The first-order chi connectivity index (χ1) is 6.74. The van der Waals surface area contributed by atoms with Gasteiger partial charge in [0.05, 0.1) is 6.10 Å². The Morgan fingerprint density at radius 1 is 1.36 bits per heavy atom. The molecule has 2 N–H and O–H groups in total. The summed E-state index contributed by atoms with van der Waals surface area (Å²) >= 11 is 0. The quantitative estimate of drug-likeness (QED) is 0.712. The van der Waals surface area contributed by atoms with Crippen molar-refractivity contribution in [2.24, 2.45) is 5.92 Å². The molecule has 1 fully saturated rings. The molecule has 1 rings (SSSR count). The van der Waals surface area contributed by atoms with Crippen LogP contribution in [0.3, 0.4) is 0 Å². The average molecular weight is 199 g/mol. The van der Waals surface area contributed by atoms with Crippen molar-refractivity contribution in [1.82, 2.24) is 5.32 Å². The van der Waals surface area contributed by atoms with Crippen molar-refractivity contribution in [3.63, 3.8) is 0 Å². The molecule has 0 spiro atoms. The predicted octanol–water partition coefficient (Wildman–Crippen LogP) is 2.32. The van der Waals surface area contributed by atoms with E-state index in [0.29, 0.717) is 6.04 Å². The first-order valence-corrected chi connectivity index (χ1v) is 6.15. The fraction of sp³-hybridized carbons (Fsp3) is 1.00. The number of hydrogen-bond donors (Lipinski definition) is 2. The summed E-state index contributed by atoms with van der Waals surface area (Å²) in [5, 5.41) is 12.8. The normalized spacial score (nSPS) is 30.2. The van der Waals surface area contributed by atoms with Gasteiger partial charge < -0.3 is 10.4 Å². The molecule has 0 unspecified atom stereocenters. The molecule has 0 aromatic carbocycles. The van der Waals surface area contributed by atoms with Crippen LogP contribution in [-0.4, -0.2) is 23.8 Å². The average Bonchev–Trinajstić information content (AvgIpc) is 2.18. The van der Waals surface area contributed by atoms with E-state index in [4.69, 9.17) is 5.11 Å². The molecule has 0 aliphatic heterocycles. The van der Waals surface area contributed by atoms with Crippen molar-refractivity contribution in [3.8, 4) is 0 Å². The van der Waals surface area contributed by atoms with Crippen LogP contribution >= 0.6 is 0 Å². The lowest BCUT2D eigenvalue weighted by Crippen LogP contribution is -2.39. The Kier molecular flexibility index (Phi) is 5.49. The van der Waals surface area contributed by atoms with Gasteiger partial charge in [0.1, 0.15) is 0 Å². The van der Waals surface area contributed by atoms with Crippen LogP contribution in [-0.2, 0) is 0 Å². The van der Waals surface area contributed by atoms with Crippen molar-refractivity contribution in [2.75, 3.05) is 6.54 Å². The zero-order valence-corrected chi connectivity index (χ0v) is 9.63. The van der Waals surface area contributed by atoms with Crippen molar-refractivity contribution in [3.05, 3.63) is 0 Å². The zero-order valence-electron chi connectivity index (χ0n) is 9.63. The third-order valence-electron chi connectivity index (χ3n) is 3.40. The summed E-state index contributed by atoms with van der Waals surface area (Å²) in [6.45, 7) is 5.12. The Labute approximate surface area is 88.1 Å². The molecule has 1 aliphatic rings. The Morgan fingerprint density at radius 2 is 2.07 bits per heavy atom. The highest BCUT2D eigenvalue weighted by Crippen LogP contribution is 2.26. The molecule has 14 heavy (non-hydrogen) atoms. The van der Waals surface area contributed by atoms with Gasteiger partial charge in [-0.05, 0) is 38.6 Å². The van der Waals surface area contributed by atoms with Gasteiger partial charge in [-0.2, -0.15) is 0 Å². The van der Waals surface area contributed by atoms with Gasteiger partial charge >= 0.3 is 0 Å². The van der Waals surface area contributed by atoms with Gasteiger partial charge in [-0.3, -0.25) is 0 Å². The topological polar surface area (TPSA) is 32.3 Å². The van der Waals surface area contributed by atoms with Crippen LogP contribution in [0.1, 0.15) is 52.4 Å². The number of hydrogen-bond acceptors (Lipinski definition) is 2. The fourth-order valence-corrected chi connectivity index (χ4v) is 2.44. The van der Waals surface area contributed by atoms with Gasteiger partial charge in [0.15, 0.2) is 0 Å². The van der Waals surface area contributed by atoms with Crippen LogP contribution in [0, 0.1) is 5.92 Å². The van der Waals surface area contributed by atoms with E-state index in [-0.39, 0.29) is 6.10 Å². The largest absolute Gasteiger partial charge is 0.393 e. The van der Waals surface area contributed by atoms with Crippen molar-refractivity contribution >= 4 is 0 Å². The number of aliphatic hydroxyl groups is 1. The first kappa shape index (κ1) is 12.0. The molecule has 0 heterocycles. The molecule has 1 aliphatic carbocycles. The van der Waals surface area contributed by atoms with E-state index in [9.17, 15) is 0 Å². The second-order valence-corrected chi connectivity index (χ2v) is 4.65. The van der Waals surface area contributed by atoms with Gasteiger partial charge in [0.2, 0.25) is 0 Å². The van der Waals surface area contributed by atoms with Crippen LogP contribution in [0.15, 0.2) is 0 Å². The van der Waals surface area contributed by atoms with Crippen LogP contribution < -0.4 is 5.32 Å². The number of rotatable bonds is 5. The molecule has 1 saturated carbocycles. The summed E-state index contributed by atoms with van der Waals surface area (Å²) < 4.78 is 0. The van der Waals surface area contributed by atoms with E-state index >= 15 is 0 Å². The molecule has 2 heteroatoms. The summed E-state index contributed by atoms with van der Waals surface area (Å²) in [5.41, 5.74) is 0. The van der Waals surface area contributed by atoms with Gasteiger partial charge in [-0.1, -0.05) is 26.2 Å². The van der Waals surface area contributed by atoms with Crippen LogP contribution in [0.25, 0.3) is 0 Å². The smallest absolute Gasteiger partial charge is 0.0524 e. The number of aliphatic hydroxyl groups excluding tert-OH is 1.